The van der Waals surface area contributed by atoms with Crippen LogP contribution in [0.4, 0.5) is 0 Å². The van der Waals surface area contributed by atoms with Crippen LogP contribution in [0.15, 0.2) is 21.8 Å². The predicted molar refractivity (Wildman–Crippen MR) is 63.7 cm³/mol. The van der Waals surface area contributed by atoms with Crippen molar-refractivity contribution >= 4 is 17.9 Å². The van der Waals surface area contributed by atoms with Gasteiger partial charge in [0.25, 0.3) is 0 Å². The molecule has 16 heavy (non-hydrogen) atoms. The van der Waals surface area contributed by atoms with E-state index in [0.717, 1.165) is 25.9 Å². The summed E-state index contributed by atoms with van der Waals surface area (Å²) in [4.78, 5) is 10.7. The van der Waals surface area contributed by atoms with Crippen molar-refractivity contribution in [1.29, 1.82) is 0 Å². The third-order valence-corrected chi connectivity index (χ3v) is 3.00. The maximum Gasteiger partial charge on any atom is 0.339 e. The highest BCUT2D eigenvalue weighted by molar-refractivity contribution is 7.96. The fraction of sp³-hybridized carbons (Fsp3) is 0.545. The molecule has 1 N–H and O–H groups in total. The van der Waals surface area contributed by atoms with Crippen molar-refractivity contribution in [2.75, 3.05) is 13.1 Å². The lowest BCUT2D eigenvalue weighted by atomic mass is 10.4. The Hall–Kier alpha value is -0.940. The summed E-state index contributed by atoms with van der Waals surface area (Å²) in [5, 5.41) is 9.39. The highest BCUT2D eigenvalue weighted by Crippen LogP contribution is 2.25. The van der Waals surface area contributed by atoms with E-state index in [9.17, 15) is 4.79 Å². The molecule has 0 spiro atoms. The predicted octanol–water partition coefficient (Wildman–Crippen LogP) is 3.11. The van der Waals surface area contributed by atoms with E-state index in [1.54, 1.807) is 6.07 Å². The van der Waals surface area contributed by atoms with Gasteiger partial charge in [-0.2, -0.15) is 0 Å². The number of hydrogen-bond donors (Lipinski definition) is 1. The standard InChI is InChI=1S/C11H17NO3S/c1-3-5-12(6-4-2)16-10-7-9(8-15-10)11(13)14/h7-8H,3-6H2,1-2H3,(H,13,14). The molecule has 0 bridgehead atoms. The third-order valence-electron chi connectivity index (χ3n) is 1.99. The molecule has 0 saturated heterocycles. The normalized spacial score (nSPS) is 10.9. The van der Waals surface area contributed by atoms with Gasteiger partial charge in [0.05, 0.1) is 5.56 Å². The number of carboxylic acid groups (broad SMARTS) is 1. The molecule has 0 saturated carbocycles. The Kier molecular flexibility index (Phi) is 5.42. The van der Waals surface area contributed by atoms with Crippen LogP contribution in [0.25, 0.3) is 0 Å². The summed E-state index contributed by atoms with van der Waals surface area (Å²) >= 11 is 1.48. The first kappa shape index (κ1) is 13.1. The summed E-state index contributed by atoms with van der Waals surface area (Å²) < 4.78 is 7.37. The van der Waals surface area contributed by atoms with E-state index < -0.39 is 5.97 Å². The monoisotopic (exact) mass is 243 g/mol. The number of rotatable bonds is 7. The van der Waals surface area contributed by atoms with Gasteiger partial charge in [0.2, 0.25) is 0 Å². The summed E-state index contributed by atoms with van der Waals surface area (Å²) in [5.74, 6) is -0.951. The molecule has 1 rings (SSSR count). The smallest absolute Gasteiger partial charge is 0.339 e. The molecule has 90 valence electrons. The van der Waals surface area contributed by atoms with Crippen LogP contribution in [0, 0.1) is 0 Å². The highest BCUT2D eigenvalue weighted by Gasteiger charge is 2.12. The second-order valence-electron chi connectivity index (χ2n) is 3.48. The molecular formula is C11H17NO3S. The lowest BCUT2D eigenvalue weighted by molar-refractivity contribution is 0.0696. The van der Waals surface area contributed by atoms with Crippen LogP contribution in [0.2, 0.25) is 0 Å². The highest BCUT2D eigenvalue weighted by atomic mass is 32.2. The van der Waals surface area contributed by atoms with Gasteiger partial charge in [-0.15, -0.1) is 0 Å². The van der Waals surface area contributed by atoms with Gasteiger partial charge >= 0.3 is 5.97 Å². The van der Waals surface area contributed by atoms with Gasteiger partial charge in [-0.1, -0.05) is 13.8 Å². The number of carboxylic acids is 1. The first-order valence-corrected chi connectivity index (χ1v) is 6.19. The van der Waals surface area contributed by atoms with E-state index in [-0.39, 0.29) is 5.56 Å². The molecule has 0 radical (unpaired) electrons. The Bertz CT molecular complexity index is 332. The first-order valence-electron chi connectivity index (χ1n) is 5.42. The Balaban J connectivity index is 2.58. The van der Waals surface area contributed by atoms with Gasteiger partial charge in [0, 0.05) is 19.2 Å². The third kappa shape index (κ3) is 3.90. The molecule has 0 atom stereocenters. The number of furan rings is 1. The molecule has 0 aliphatic rings. The molecule has 0 fully saturated rings. The second-order valence-corrected chi connectivity index (χ2v) is 4.58. The molecule has 0 aromatic carbocycles. The Morgan fingerprint density at radius 1 is 1.44 bits per heavy atom. The molecule has 0 amide bonds. The van der Waals surface area contributed by atoms with Crippen molar-refractivity contribution in [2.24, 2.45) is 0 Å². The quantitative estimate of drug-likeness (QED) is 0.746. The van der Waals surface area contributed by atoms with Crippen LogP contribution in [0.5, 0.6) is 0 Å². The van der Waals surface area contributed by atoms with Crippen molar-refractivity contribution in [3.63, 3.8) is 0 Å². The van der Waals surface area contributed by atoms with Crippen molar-refractivity contribution in [3.05, 3.63) is 17.9 Å². The molecule has 4 nitrogen and oxygen atoms in total. The van der Waals surface area contributed by atoms with Gasteiger partial charge in [0.1, 0.15) is 6.26 Å². The van der Waals surface area contributed by atoms with Gasteiger partial charge in [-0.05, 0) is 24.8 Å². The molecule has 1 aromatic heterocycles. The van der Waals surface area contributed by atoms with Crippen LogP contribution in [-0.4, -0.2) is 28.5 Å². The summed E-state index contributed by atoms with van der Waals surface area (Å²) in [7, 11) is 0. The van der Waals surface area contributed by atoms with Crippen molar-refractivity contribution in [2.45, 2.75) is 31.8 Å². The molecular weight excluding hydrogens is 226 g/mol. The van der Waals surface area contributed by atoms with E-state index >= 15 is 0 Å². The van der Waals surface area contributed by atoms with E-state index in [0.29, 0.717) is 5.09 Å². The molecule has 1 aromatic rings. The van der Waals surface area contributed by atoms with Crippen LogP contribution < -0.4 is 0 Å². The van der Waals surface area contributed by atoms with Crippen LogP contribution in [0.3, 0.4) is 0 Å². The maximum atomic E-state index is 10.7. The average molecular weight is 243 g/mol. The minimum Gasteiger partial charge on any atom is -0.478 e. The zero-order chi connectivity index (χ0) is 12.0. The van der Waals surface area contributed by atoms with Crippen molar-refractivity contribution < 1.29 is 14.3 Å². The van der Waals surface area contributed by atoms with Gasteiger partial charge < -0.3 is 9.52 Å². The zero-order valence-corrected chi connectivity index (χ0v) is 10.4. The zero-order valence-electron chi connectivity index (χ0n) is 9.60. The molecule has 1 heterocycles. The Morgan fingerprint density at radius 2 is 2.06 bits per heavy atom. The van der Waals surface area contributed by atoms with E-state index in [1.165, 1.54) is 18.2 Å². The molecule has 0 unspecified atom stereocenters. The fourth-order valence-corrected chi connectivity index (χ4v) is 2.38. The number of carbonyl (C=O) groups is 1. The van der Waals surface area contributed by atoms with Crippen molar-refractivity contribution in [3.8, 4) is 0 Å². The number of hydrogen-bond acceptors (Lipinski definition) is 4. The minimum atomic E-state index is -0.951. The average Bonchev–Trinajstić information content (AvgIpc) is 2.67. The largest absolute Gasteiger partial charge is 0.478 e. The number of nitrogens with zero attached hydrogens (tertiary/aromatic N) is 1. The van der Waals surface area contributed by atoms with E-state index in [4.69, 9.17) is 9.52 Å². The van der Waals surface area contributed by atoms with Crippen LogP contribution >= 0.6 is 11.9 Å². The minimum absolute atomic E-state index is 0.204. The SMILES string of the molecule is CCCN(CCC)Sc1cc(C(=O)O)co1. The summed E-state index contributed by atoms with van der Waals surface area (Å²) in [6.45, 7) is 6.19. The molecule has 0 aliphatic heterocycles. The van der Waals surface area contributed by atoms with E-state index in [2.05, 4.69) is 18.2 Å². The van der Waals surface area contributed by atoms with Gasteiger partial charge in [0.15, 0.2) is 5.09 Å². The molecule has 0 aliphatic carbocycles. The van der Waals surface area contributed by atoms with Crippen LogP contribution in [-0.2, 0) is 0 Å². The maximum absolute atomic E-state index is 10.7. The Labute approximate surface area is 99.8 Å². The summed E-state index contributed by atoms with van der Waals surface area (Å²) in [6, 6.07) is 1.56. The first-order chi connectivity index (χ1) is 7.67. The Morgan fingerprint density at radius 3 is 2.50 bits per heavy atom. The second kappa shape index (κ2) is 6.60. The van der Waals surface area contributed by atoms with E-state index in [1.807, 2.05) is 0 Å². The van der Waals surface area contributed by atoms with Gasteiger partial charge in [-0.25, -0.2) is 9.10 Å². The topological polar surface area (TPSA) is 53.7 Å². The lowest BCUT2D eigenvalue weighted by Gasteiger charge is -2.17. The summed E-state index contributed by atoms with van der Waals surface area (Å²) in [6.07, 6.45) is 3.42. The van der Waals surface area contributed by atoms with Crippen molar-refractivity contribution in [1.82, 2.24) is 4.31 Å². The van der Waals surface area contributed by atoms with Crippen LogP contribution in [0.1, 0.15) is 37.0 Å². The fourth-order valence-electron chi connectivity index (χ4n) is 1.31. The van der Waals surface area contributed by atoms with Gasteiger partial charge in [-0.3, -0.25) is 0 Å². The molecule has 5 heteroatoms. The number of aromatic carboxylic acids is 1. The summed E-state index contributed by atoms with van der Waals surface area (Å²) in [5.41, 5.74) is 0.204. The lowest BCUT2D eigenvalue weighted by Crippen LogP contribution is -2.17.